The number of hydrogen-bond donors (Lipinski definition) is 2. The highest BCUT2D eigenvalue weighted by Crippen LogP contribution is 2.30. The van der Waals surface area contributed by atoms with Gasteiger partial charge in [-0.15, -0.1) is 0 Å². The number of amides is 2. The van der Waals surface area contributed by atoms with Gasteiger partial charge in [-0.25, -0.2) is 9.97 Å². The molecule has 150 valence electrons. The van der Waals surface area contributed by atoms with E-state index in [4.69, 9.17) is 5.11 Å². The maximum Gasteiger partial charge on any atom is 0.322 e. The number of rotatable bonds is 6. The minimum Gasteiger partial charge on any atom is -0.480 e. The van der Waals surface area contributed by atoms with Gasteiger partial charge in [0.25, 0.3) is 0 Å². The Hall–Kier alpha value is -2.84. The molecule has 2 heterocycles. The first kappa shape index (κ1) is 19.9. The molecule has 1 saturated carbocycles. The van der Waals surface area contributed by atoms with Crippen LogP contribution in [0.4, 0.5) is 0 Å². The van der Waals surface area contributed by atoms with E-state index < -0.39 is 36.0 Å². The number of nitrogens with zero attached hydrogens (tertiary/aromatic N) is 3. The lowest BCUT2D eigenvalue weighted by molar-refractivity contribution is -0.152. The van der Waals surface area contributed by atoms with Gasteiger partial charge in [0.15, 0.2) is 11.7 Å². The van der Waals surface area contributed by atoms with Gasteiger partial charge in [-0.05, 0) is 12.8 Å². The predicted molar refractivity (Wildman–Crippen MR) is 97.0 cm³/mol. The Morgan fingerprint density at radius 2 is 1.82 bits per heavy atom. The Kier molecular flexibility index (Phi) is 6.33. The SMILES string of the molecule is O=C(O)CNC(=O)C1C(=O)CCN(Cc2cnc(C3CCCCC3)nc2)C1=O. The third-order valence-electron chi connectivity index (χ3n) is 5.25. The highest BCUT2D eigenvalue weighted by Gasteiger charge is 2.40. The fourth-order valence-electron chi connectivity index (χ4n) is 3.74. The first-order valence-electron chi connectivity index (χ1n) is 9.57. The number of Topliss-reactive ketones (excluding diaryl/α,β-unsaturated/α-hetero) is 1. The van der Waals surface area contributed by atoms with Crippen molar-refractivity contribution in [2.75, 3.05) is 13.1 Å². The minimum atomic E-state index is -1.49. The van der Waals surface area contributed by atoms with Crippen LogP contribution in [0.25, 0.3) is 0 Å². The smallest absolute Gasteiger partial charge is 0.322 e. The summed E-state index contributed by atoms with van der Waals surface area (Å²) in [5.74, 6) is -3.49. The topological polar surface area (TPSA) is 130 Å². The second-order valence-corrected chi connectivity index (χ2v) is 7.31. The average Bonchev–Trinajstić information content (AvgIpc) is 2.70. The summed E-state index contributed by atoms with van der Waals surface area (Å²) in [6.07, 6.45) is 9.27. The Bertz CT molecular complexity index is 758. The molecular formula is C19H24N4O5. The van der Waals surface area contributed by atoms with Crippen molar-refractivity contribution in [3.8, 4) is 0 Å². The fraction of sp³-hybridized carbons (Fsp3) is 0.579. The number of ketones is 1. The number of carboxylic acid groups (broad SMARTS) is 1. The molecule has 2 amide bonds. The summed E-state index contributed by atoms with van der Waals surface area (Å²) in [4.78, 5) is 57.6. The normalized spacial score (nSPS) is 20.9. The Morgan fingerprint density at radius 3 is 2.46 bits per heavy atom. The van der Waals surface area contributed by atoms with Crippen LogP contribution >= 0.6 is 0 Å². The largest absolute Gasteiger partial charge is 0.480 e. The first-order valence-corrected chi connectivity index (χ1v) is 9.57. The van der Waals surface area contributed by atoms with E-state index in [9.17, 15) is 19.2 Å². The summed E-state index contributed by atoms with van der Waals surface area (Å²) in [5, 5.41) is 10.8. The van der Waals surface area contributed by atoms with Gasteiger partial charge in [0, 0.05) is 43.4 Å². The molecule has 2 fully saturated rings. The van der Waals surface area contributed by atoms with Gasteiger partial charge in [0.1, 0.15) is 12.4 Å². The molecule has 0 radical (unpaired) electrons. The Morgan fingerprint density at radius 1 is 1.14 bits per heavy atom. The number of aliphatic carboxylic acids is 1. The fourth-order valence-corrected chi connectivity index (χ4v) is 3.74. The minimum absolute atomic E-state index is 0.0535. The van der Waals surface area contributed by atoms with Crippen molar-refractivity contribution in [3.05, 3.63) is 23.8 Å². The molecule has 9 nitrogen and oxygen atoms in total. The van der Waals surface area contributed by atoms with Gasteiger partial charge in [0.2, 0.25) is 11.8 Å². The predicted octanol–water partition coefficient (Wildman–Crippen LogP) is 0.643. The van der Waals surface area contributed by atoms with E-state index in [2.05, 4.69) is 15.3 Å². The van der Waals surface area contributed by atoms with Crippen LogP contribution in [0, 0.1) is 5.92 Å². The molecule has 3 rings (SSSR count). The summed E-state index contributed by atoms with van der Waals surface area (Å²) in [6, 6.07) is 0. The van der Waals surface area contributed by atoms with Crippen molar-refractivity contribution in [2.45, 2.75) is 51.0 Å². The summed E-state index contributed by atoms with van der Waals surface area (Å²) in [7, 11) is 0. The molecule has 1 aliphatic carbocycles. The number of likely N-dealkylation sites (tertiary alicyclic amines) is 1. The van der Waals surface area contributed by atoms with Crippen LogP contribution in [0.15, 0.2) is 12.4 Å². The van der Waals surface area contributed by atoms with Gasteiger partial charge in [0.05, 0.1) is 0 Å². The van der Waals surface area contributed by atoms with E-state index in [1.165, 1.54) is 24.2 Å². The van der Waals surface area contributed by atoms with E-state index in [1.54, 1.807) is 12.4 Å². The Labute approximate surface area is 162 Å². The van der Waals surface area contributed by atoms with Gasteiger partial charge in [-0.1, -0.05) is 19.3 Å². The summed E-state index contributed by atoms with van der Waals surface area (Å²) in [5.41, 5.74) is 0.729. The van der Waals surface area contributed by atoms with Gasteiger partial charge < -0.3 is 15.3 Å². The highest BCUT2D eigenvalue weighted by atomic mass is 16.4. The lowest BCUT2D eigenvalue weighted by Gasteiger charge is -2.30. The molecule has 2 N–H and O–H groups in total. The second-order valence-electron chi connectivity index (χ2n) is 7.31. The molecule has 1 saturated heterocycles. The van der Waals surface area contributed by atoms with E-state index in [0.717, 1.165) is 24.2 Å². The molecule has 0 bridgehead atoms. The summed E-state index contributed by atoms with van der Waals surface area (Å²) >= 11 is 0. The molecular weight excluding hydrogens is 364 g/mol. The van der Waals surface area contributed by atoms with Crippen LogP contribution in [0.1, 0.15) is 55.8 Å². The van der Waals surface area contributed by atoms with Gasteiger partial charge in [-0.3, -0.25) is 19.2 Å². The first-order chi connectivity index (χ1) is 13.5. The van der Waals surface area contributed by atoms with Crippen molar-refractivity contribution in [1.82, 2.24) is 20.2 Å². The molecule has 28 heavy (non-hydrogen) atoms. The Balaban J connectivity index is 1.63. The maximum absolute atomic E-state index is 12.6. The maximum atomic E-state index is 12.6. The molecule has 1 unspecified atom stereocenters. The zero-order valence-corrected chi connectivity index (χ0v) is 15.6. The van der Waals surface area contributed by atoms with E-state index in [1.807, 2.05) is 0 Å². The van der Waals surface area contributed by atoms with E-state index in [0.29, 0.717) is 5.92 Å². The molecule has 1 aliphatic heterocycles. The number of carbonyl (C=O) groups is 4. The highest BCUT2D eigenvalue weighted by molar-refractivity contribution is 6.19. The van der Waals surface area contributed by atoms with Crippen molar-refractivity contribution >= 4 is 23.6 Å². The molecule has 1 aromatic rings. The van der Waals surface area contributed by atoms with Crippen LogP contribution in [0.5, 0.6) is 0 Å². The number of piperidine rings is 1. The summed E-state index contributed by atoms with van der Waals surface area (Å²) in [6.45, 7) is -0.211. The van der Waals surface area contributed by atoms with E-state index in [-0.39, 0.29) is 19.5 Å². The molecule has 1 atom stereocenters. The average molecular weight is 388 g/mol. The van der Waals surface area contributed by atoms with Crippen molar-refractivity contribution in [3.63, 3.8) is 0 Å². The molecule has 0 aromatic carbocycles. The third-order valence-corrected chi connectivity index (χ3v) is 5.25. The lowest BCUT2D eigenvalue weighted by atomic mass is 9.89. The van der Waals surface area contributed by atoms with Crippen LogP contribution in [0.3, 0.4) is 0 Å². The molecule has 9 heteroatoms. The molecule has 1 aromatic heterocycles. The quantitative estimate of drug-likeness (QED) is 0.684. The van der Waals surface area contributed by atoms with Crippen LogP contribution in [-0.2, 0) is 25.7 Å². The van der Waals surface area contributed by atoms with E-state index >= 15 is 0 Å². The molecule has 0 spiro atoms. The number of aromatic nitrogens is 2. The monoisotopic (exact) mass is 388 g/mol. The standard InChI is InChI=1S/C19H24N4O5/c24-14-6-7-23(19(28)16(14)18(27)22-10-15(25)26)11-12-8-20-17(21-9-12)13-4-2-1-3-5-13/h8-9,13,16H,1-7,10-11H2,(H,22,27)(H,25,26). The van der Waals surface area contributed by atoms with Crippen molar-refractivity contribution < 1.29 is 24.3 Å². The van der Waals surface area contributed by atoms with Gasteiger partial charge >= 0.3 is 5.97 Å². The number of carbonyl (C=O) groups excluding carboxylic acids is 3. The number of nitrogens with one attached hydrogen (secondary N) is 1. The summed E-state index contributed by atoms with van der Waals surface area (Å²) < 4.78 is 0. The third kappa shape index (κ3) is 4.71. The van der Waals surface area contributed by atoms with Crippen LogP contribution in [-0.4, -0.2) is 56.6 Å². The lowest BCUT2D eigenvalue weighted by Crippen LogP contribution is -2.52. The zero-order valence-electron chi connectivity index (χ0n) is 15.6. The second kappa shape index (κ2) is 8.90. The zero-order chi connectivity index (χ0) is 20.1. The molecule has 2 aliphatic rings. The number of hydrogen-bond acceptors (Lipinski definition) is 6. The van der Waals surface area contributed by atoms with Crippen LogP contribution < -0.4 is 5.32 Å². The van der Waals surface area contributed by atoms with Gasteiger partial charge in [-0.2, -0.15) is 0 Å². The van der Waals surface area contributed by atoms with Crippen molar-refractivity contribution in [2.24, 2.45) is 5.92 Å². The van der Waals surface area contributed by atoms with Crippen molar-refractivity contribution in [1.29, 1.82) is 0 Å². The van der Waals surface area contributed by atoms with Crippen LogP contribution in [0.2, 0.25) is 0 Å². The number of carboxylic acids is 1.